The molecule has 0 fully saturated rings. The van der Waals surface area contributed by atoms with Crippen LogP contribution in [0.25, 0.3) is 0 Å². The molecule has 0 N–H and O–H groups in total. The molecular formula is CoNiTiZn+8. The van der Waals surface area contributed by atoms with Gasteiger partial charge in [0.25, 0.3) is 0 Å². The van der Waals surface area contributed by atoms with Crippen molar-refractivity contribution in [1.29, 1.82) is 0 Å². The third-order valence-electron chi connectivity index (χ3n) is 0. The van der Waals surface area contributed by atoms with Gasteiger partial charge in [-0.25, -0.2) is 0 Å². The molecule has 0 aromatic rings. The molecule has 4 heavy (non-hydrogen) atoms. The van der Waals surface area contributed by atoms with E-state index in [0.29, 0.717) is 0 Å². The van der Waals surface area contributed by atoms with E-state index in [9.17, 15) is 0 Å². The maximum atomic E-state index is 0. The minimum Gasteiger partial charge on any atom is 2.00 e. The molecule has 0 aliphatic carbocycles. The van der Waals surface area contributed by atoms with Gasteiger partial charge < -0.3 is 0 Å². The molecule has 4 heteroatoms. The Kier molecular flexibility index (Phi) is 152. The molecule has 0 atom stereocenters. The molecule has 1 radical (unpaired) electrons. The van der Waals surface area contributed by atoms with E-state index < -0.39 is 0 Å². The van der Waals surface area contributed by atoms with Crippen molar-refractivity contribution in [3.05, 3.63) is 0 Å². The normalized spacial score (nSPS) is 0. The molecule has 0 saturated carbocycles. The molecule has 0 unspecified atom stereocenters. The van der Waals surface area contributed by atoms with Crippen molar-refractivity contribution in [3.63, 3.8) is 0 Å². The average Bonchev–Trinajstić information content (AvgIpc) is 0. The number of hydrogen-bond donors (Lipinski definition) is 0. The monoisotopic (exact) mass is 229 g/mol. The summed E-state index contributed by atoms with van der Waals surface area (Å²) in [4.78, 5) is 0. The first-order chi connectivity index (χ1) is 0. The Labute approximate surface area is 73.6 Å². The average molecular weight is 231 g/mol. The molecule has 0 bridgehead atoms. The molecule has 0 saturated heterocycles. The Bertz CT molecular complexity index is 8.00. The van der Waals surface area contributed by atoms with Gasteiger partial charge in [0.1, 0.15) is 0 Å². The van der Waals surface area contributed by atoms with E-state index in [4.69, 9.17) is 0 Å². The van der Waals surface area contributed by atoms with Gasteiger partial charge in [-0.05, 0) is 0 Å². The second kappa shape index (κ2) is 18.4. The molecule has 0 rings (SSSR count). The van der Waals surface area contributed by atoms with Crippen molar-refractivity contribution < 1.29 is 74.5 Å². The summed E-state index contributed by atoms with van der Waals surface area (Å²) in [6, 6.07) is 0. The quantitative estimate of drug-likeness (QED) is 0.514. The molecule has 17 valence electrons. The van der Waals surface area contributed by atoms with Crippen LogP contribution in [0.3, 0.4) is 0 Å². The summed E-state index contributed by atoms with van der Waals surface area (Å²) in [5.74, 6) is 0. The first kappa shape index (κ1) is 33.0. The SMILES string of the molecule is [Co+2].[Ni+2].[Ti+2].[Zn+2]. The van der Waals surface area contributed by atoms with Crippen molar-refractivity contribution in [3.8, 4) is 0 Å². The summed E-state index contributed by atoms with van der Waals surface area (Å²) in [5, 5.41) is 0. The maximum Gasteiger partial charge on any atom is 2.00 e. The second-order valence-electron chi connectivity index (χ2n) is 0. The van der Waals surface area contributed by atoms with Crippen molar-refractivity contribution in [2.45, 2.75) is 0 Å². The predicted octanol–water partition coefficient (Wildman–Crippen LogP) is -0.0100. The van der Waals surface area contributed by atoms with Crippen LogP contribution in [0.4, 0.5) is 0 Å². The third kappa shape index (κ3) is 8.84. The predicted molar refractivity (Wildman–Crippen MR) is 0 cm³/mol. The fourth-order valence-corrected chi connectivity index (χ4v) is 0. The first-order valence-corrected chi connectivity index (χ1v) is 0. The minimum atomic E-state index is 0. The van der Waals surface area contributed by atoms with Gasteiger partial charge in [0.2, 0.25) is 0 Å². The van der Waals surface area contributed by atoms with Gasteiger partial charge in [-0.1, -0.05) is 0 Å². The van der Waals surface area contributed by atoms with Crippen molar-refractivity contribution in [1.82, 2.24) is 0 Å². The zero-order valence-electron chi connectivity index (χ0n) is 1.86. The van der Waals surface area contributed by atoms with Crippen LogP contribution >= 0.6 is 0 Å². The zero-order chi connectivity index (χ0) is 0. The molecule has 0 aromatic carbocycles. The van der Waals surface area contributed by atoms with Crippen LogP contribution < -0.4 is 0 Å². The number of hydrogen-bond acceptors (Lipinski definition) is 0. The molecule has 0 aliphatic rings. The zero-order valence-corrected chi connectivity index (χ0v) is 8.41. The van der Waals surface area contributed by atoms with Crippen LogP contribution in [-0.2, 0) is 74.5 Å². The number of rotatable bonds is 0. The van der Waals surface area contributed by atoms with Gasteiger partial charge in [0, 0.05) is 0 Å². The molecule has 0 spiro atoms. The molecular weight excluding hydrogens is 231 g/mol. The Hall–Kier alpha value is 2.34. The van der Waals surface area contributed by atoms with Crippen LogP contribution in [0.5, 0.6) is 0 Å². The Morgan fingerprint density at radius 3 is 1.00 bits per heavy atom. The van der Waals surface area contributed by atoms with Crippen molar-refractivity contribution in [2.24, 2.45) is 0 Å². The summed E-state index contributed by atoms with van der Waals surface area (Å²) < 4.78 is 0. The van der Waals surface area contributed by atoms with E-state index >= 15 is 0 Å². The van der Waals surface area contributed by atoms with Gasteiger partial charge in [-0.2, -0.15) is 0 Å². The summed E-state index contributed by atoms with van der Waals surface area (Å²) in [6.45, 7) is 0. The third-order valence-corrected chi connectivity index (χ3v) is 0. The van der Waals surface area contributed by atoms with Crippen LogP contribution in [0.15, 0.2) is 0 Å². The van der Waals surface area contributed by atoms with Gasteiger partial charge in [-0.15, -0.1) is 0 Å². The Morgan fingerprint density at radius 2 is 1.00 bits per heavy atom. The maximum absolute atomic E-state index is 0. The van der Waals surface area contributed by atoms with E-state index in [1.54, 1.807) is 0 Å². The molecule has 0 aromatic heterocycles. The van der Waals surface area contributed by atoms with Crippen LogP contribution in [0.2, 0.25) is 0 Å². The fraction of sp³-hybridized carbons (Fsp3) is 0. The van der Waals surface area contributed by atoms with Gasteiger partial charge in [0.05, 0.1) is 0 Å². The summed E-state index contributed by atoms with van der Waals surface area (Å²) in [6.07, 6.45) is 0. The summed E-state index contributed by atoms with van der Waals surface area (Å²) in [7, 11) is 0. The van der Waals surface area contributed by atoms with Crippen molar-refractivity contribution >= 4 is 0 Å². The summed E-state index contributed by atoms with van der Waals surface area (Å²) >= 11 is 0. The van der Waals surface area contributed by atoms with E-state index in [-0.39, 0.29) is 74.5 Å². The topological polar surface area (TPSA) is 0 Å². The molecule has 0 aliphatic heterocycles. The fourth-order valence-electron chi connectivity index (χ4n) is 0. The van der Waals surface area contributed by atoms with Crippen LogP contribution in [0, 0.1) is 0 Å². The molecule has 0 nitrogen and oxygen atoms in total. The van der Waals surface area contributed by atoms with Gasteiger partial charge in [0.15, 0.2) is 0 Å². The van der Waals surface area contributed by atoms with Crippen LogP contribution in [-0.4, -0.2) is 0 Å². The second-order valence-corrected chi connectivity index (χ2v) is 0. The molecule has 0 heterocycles. The largest absolute Gasteiger partial charge is 2.00 e. The molecule has 0 amide bonds. The smallest absolute Gasteiger partial charge is 2.00 e. The van der Waals surface area contributed by atoms with E-state index in [1.807, 2.05) is 0 Å². The minimum absolute atomic E-state index is 0. The Morgan fingerprint density at radius 1 is 1.00 bits per heavy atom. The van der Waals surface area contributed by atoms with Gasteiger partial charge >= 0.3 is 74.5 Å². The van der Waals surface area contributed by atoms with E-state index in [0.717, 1.165) is 0 Å². The van der Waals surface area contributed by atoms with E-state index in [1.165, 1.54) is 0 Å². The first-order valence-electron chi connectivity index (χ1n) is 0. The van der Waals surface area contributed by atoms with Gasteiger partial charge in [-0.3, -0.25) is 0 Å². The van der Waals surface area contributed by atoms with Crippen molar-refractivity contribution in [2.75, 3.05) is 0 Å². The van der Waals surface area contributed by atoms with E-state index in [2.05, 4.69) is 0 Å². The standard InChI is InChI=1S/Co.Ni.Ti.Zn/q4*+2. The Balaban J connectivity index is 0. The van der Waals surface area contributed by atoms with Crippen LogP contribution in [0.1, 0.15) is 0 Å². The summed E-state index contributed by atoms with van der Waals surface area (Å²) in [5.41, 5.74) is 0.